The van der Waals surface area contributed by atoms with E-state index in [0.29, 0.717) is 23.2 Å². The van der Waals surface area contributed by atoms with Gasteiger partial charge in [0.1, 0.15) is 7.85 Å². The summed E-state index contributed by atoms with van der Waals surface area (Å²) in [5, 5.41) is 9.26. The third-order valence-corrected chi connectivity index (χ3v) is 7.91. The highest BCUT2D eigenvalue weighted by Crippen LogP contribution is 2.51. The third-order valence-electron chi connectivity index (χ3n) is 7.91. The van der Waals surface area contributed by atoms with Gasteiger partial charge in [0, 0.05) is 0 Å². The molecule has 2 nitrogen and oxygen atoms in total. The van der Waals surface area contributed by atoms with E-state index in [2.05, 4.69) is 103 Å². The van der Waals surface area contributed by atoms with Crippen molar-refractivity contribution in [2.45, 2.75) is 65.1 Å². The van der Waals surface area contributed by atoms with Crippen molar-refractivity contribution in [2.24, 2.45) is 10.8 Å². The fraction of sp³-hybridized carbons (Fsp3) is 0.387. The molecule has 0 fully saturated rings. The van der Waals surface area contributed by atoms with Crippen LogP contribution in [-0.2, 0) is 0 Å². The lowest BCUT2D eigenvalue weighted by atomic mass is 9.59. The van der Waals surface area contributed by atoms with E-state index >= 15 is 0 Å². The first-order valence-electron chi connectivity index (χ1n) is 12.4. The van der Waals surface area contributed by atoms with E-state index in [9.17, 15) is 9.90 Å². The summed E-state index contributed by atoms with van der Waals surface area (Å²) >= 11 is 0. The zero-order valence-corrected chi connectivity index (χ0v) is 21.6. The molecule has 3 heteroatoms. The van der Waals surface area contributed by atoms with E-state index in [1.54, 1.807) is 12.1 Å². The highest BCUT2D eigenvalue weighted by atomic mass is 16.4. The molecule has 0 aliphatic heterocycles. The molecule has 0 radical (unpaired) electrons. The Labute approximate surface area is 206 Å². The molecule has 3 unspecified atom stereocenters. The van der Waals surface area contributed by atoms with Crippen molar-refractivity contribution in [2.75, 3.05) is 0 Å². The van der Waals surface area contributed by atoms with Gasteiger partial charge in [-0.2, -0.15) is 0 Å². The van der Waals surface area contributed by atoms with Crippen molar-refractivity contribution in [3.63, 3.8) is 0 Å². The van der Waals surface area contributed by atoms with Crippen molar-refractivity contribution in [3.8, 4) is 0 Å². The van der Waals surface area contributed by atoms with Crippen LogP contribution >= 0.6 is 0 Å². The Morgan fingerprint density at radius 3 is 1.74 bits per heavy atom. The summed E-state index contributed by atoms with van der Waals surface area (Å²) in [6, 6.07) is 29.2. The summed E-state index contributed by atoms with van der Waals surface area (Å²) in [5.41, 5.74) is 4.45. The zero-order chi connectivity index (χ0) is 24.9. The molecule has 3 aromatic rings. The minimum atomic E-state index is -0.878. The zero-order valence-electron chi connectivity index (χ0n) is 21.6. The van der Waals surface area contributed by atoms with Gasteiger partial charge < -0.3 is 5.11 Å². The lowest BCUT2D eigenvalue weighted by Gasteiger charge is -2.43. The monoisotopic (exact) mass is 454 g/mol. The molecule has 0 saturated heterocycles. The Hall–Kier alpha value is -2.81. The van der Waals surface area contributed by atoms with E-state index in [0.717, 1.165) is 12.8 Å². The van der Waals surface area contributed by atoms with E-state index < -0.39 is 5.97 Å². The summed E-state index contributed by atoms with van der Waals surface area (Å²) in [7, 11) is 2.34. The normalized spacial score (nSPS) is 14.9. The second-order valence-electron chi connectivity index (χ2n) is 11.3. The second-order valence-corrected chi connectivity index (χ2v) is 11.3. The average Bonchev–Trinajstić information content (AvgIpc) is 2.83. The predicted molar refractivity (Wildman–Crippen MR) is 146 cm³/mol. The Balaban J connectivity index is 1.88. The molecule has 0 amide bonds. The van der Waals surface area contributed by atoms with Crippen molar-refractivity contribution in [3.05, 3.63) is 107 Å². The van der Waals surface area contributed by atoms with Gasteiger partial charge in [-0.3, -0.25) is 0 Å². The molecule has 0 heterocycles. The van der Waals surface area contributed by atoms with Gasteiger partial charge in [0.05, 0.1) is 5.56 Å². The average molecular weight is 454 g/mol. The smallest absolute Gasteiger partial charge is 0.335 e. The van der Waals surface area contributed by atoms with Crippen molar-refractivity contribution in [1.82, 2.24) is 0 Å². The number of rotatable bonds is 10. The number of carboxylic acid groups (broad SMARTS) is 1. The lowest BCUT2D eigenvalue weighted by molar-refractivity contribution is 0.0697. The number of benzene rings is 3. The standard InChI is InChI=1S/C31H39BO2/c1-22(23-16-18-26(19-17-23)29(33)34)30(2,3)20-27(24-12-8-6-9-13-24)31(4,5)21-28(32)25-14-10-7-11-15-25/h6-19,22,27-28H,20-21,32H2,1-5H3,(H,33,34). The molecule has 34 heavy (non-hydrogen) atoms. The minimum Gasteiger partial charge on any atom is -0.478 e. The van der Waals surface area contributed by atoms with Gasteiger partial charge in [-0.05, 0) is 64.6 Å². The van der Waals surface area contributed by atoms with Crippen LogP contribution in [0, 0.1) is 10.8 Å². The van der Waals surface area contributed by atoms with Gasteiger partial charge in [0.2, 0.25) is 0 Å². The Kier molecular flexibility index (Phi) is 8.07. The van der Waals surface area contributed by atoms with Gasteiger partial charge in [-0.25, -0.2) is 4.79 Å². The maximum absolute atomic E-state index is 11.3. The fourth-order valence-electron chi connectivity index (χ4n) is 5.43. The topological polar surface area (TPSA) is 37.3 Å². The largest absolute Gasteiger partial charge is 0.478 e. The molecular weight excluding hydrogens is 415 g/mol. The molecule has 3 aromatic carbocycles. The van der Waals surface area contributed by atoms with Crippen LogP contribution in [0.5, 0.6) is 0 Å². The molecule has 0 bridgehead atoms. The van der Waals surface area contributed by atoms with Crippen molar-refractivity contribution >= 4 is 13.8 Å². The number of hydrogen-bond acceptors (Lipinski definition) is 1. The van der Waals surface area contributed by atoms with Gasteiger partial charge >= 0.3 is 5.97 Å². The molecule has 0 aliphatic carbocycles. The summed E-state index contributed by atoms with van der Waals surface area (Å²) in [5.74, 6) is 0.294. The molecule has 1 N–H and O–H groups in total. The van der Waals surface area contributed by atoms with Crippen LogP contribution in [0.4, 0.5) is 0 Å². The second kappa shape index (κ2) is 10.6. The number of hydrogen-bond donors (Lipinski definition) is 1. The molecule has 0 saturated carbocycles. The fourth-order valence-corrected chi connectivity index (χ4v) is 5.43. The summed E-state index contributed by atoms with van der Waals surface area (Å²) in [6.07, 6.45) is 2.15. The van der Waals surface area contributed by atoms with Crippen LogP contribution in [0.25, 0.3) is 0 Å². The summed E-state index contributed by atoms with van der Waals surface area (Å²) in [4.78, 5) is 11.3. The first kappa shape index (κ1) is 25.8. The van der Waals surface area contributed by atoms with Crippen LogP contribution in [-0.4, -0.2) is 18.9 Å². The van der Waals surface area contributed by atoms with Gasteiger partial charge in [-0.1, -0.05) is 113 Å². The van der Waals surface area contributed by atoms with Crippen LogP contribution in [0.2, 0.25) is 0 Å². The maximum atomic E-state index is 11.3. The van der Waals surface area contributed by atoms with Crippen LogP contribution < -0.4 is 0 Å². The first-order valence-corrected chi connectivity index (χ1v) is 12.4. The van der Waals surface area contributed by atoms with Crippen LogP contribution in [0.3, 0.4) is 0 Å². The summed E-state index contributed by atoms with van der Waals surface area (Å²) in [6.45, 7) is 11.8. The quantitative estimate of drug-likeness (QED) is 0.323. The van der Waals surface area contributed by atoms with Gasteiger partial charge in [0.25, 0.3) is 0 Å². The SMILES string of the molecule is BC(CC(C)(C)C(CC(C)(C)C(C)c1ccc(C(=O)O)cc1)c1ccccc1)c1ccccc1. The highest BCUT2D eigenvalue weighted by molar-refractivity contribution is 6.12. The maximum Gasteiger partial charge on any atom is 0.335 e. The van der Waals surface area contributed by atoms with Crippen molar-refractivity contribution < 1.29 is 9.90 Å². The van der Waals surface area contributed by atoms with Crippen LogP contribution in [0.15, 0.2) is 84.9 Å². The van der Waals surface area contributed by atoms with E-state index in [4.69, 9.17) is 0 Å². The third kappa shape index (κ3) is 6.20. The Morgan fingerprint density at radius 1 is 0.735 bits per heavy atom. The Morgan fingerprint density at radius 2 is 1.24 bits per heavy atom. The molecular formula is C31H39BO2. The molecule has 0 aromatic heterocycles. The lowest BCUT2D eigenvalue weighted by Crippen LogP contribution is -2.31. The van der Waals surface area contributed by atoms with Gasteiger partial charge in [0.15, 0.2) is 0 Å². The minimum absolute atomic E-state index is 0.0263. The highest BCUT2D eigenvalue weighted by Gasteiger charge is 2.38. The van der Waals surface area contributed by atoms with E-state index in [1.165, 1.54) is 16.7 Å². The summed E-state index contributed by atoms with van der Waals surface area (Å²) < 4.78 is 0. The van der Waals surface area contributed by atoms with Crippen LogP contribution in [0.1, 0.15) is 92.2 Å². The first-order chi connectivity index (χ1) is 16.0. The molecule has 0 spiro atoms. The molecule has 3 rings (SSSR count). The number of carboxylic acids is 1. The number of carbonyl (C=O) groups is 1. The van der Waals surface area contributed by atoms with Gasteiger partial charge in [-0.15, -0.1) is 0 Å². The Bertz CT molecular complexity index is 1060. The number of aromatic carboxylic acids is 1. The predicted octanol–water partition coefficient (Wildman–Crippen LogP) is 7.48. The van der Waals surface area contributed by atoms with Crippen molar-refractivity contribution in [1.29, 1.82) is 0 Å². The van der Waals surface area contributed by atoms with E-state index in [-0.39, 0.29) is 10.8 Å². The molecule has 0 aliphatic rings. The molecule has 3 atom stereocenters. The van der Waals surface area contributed by atoms with E-state index in [1.807, 2.05) is 12.1 Å². The molecule has 178 valence electrons.